The van der Waals surface area contributed by atoms with Gasteiger partial charge in [0.2, 0.25) is 0 Å². The molecule has 2 nitrogen and oxygen atoms in total. The summed E-state index contributed by atoms with van der Waals surface area (Å²) in [5.41, 5.74) is 4.12. The Hall–Kier alpha value is -1.02. The fourth-order valence-electron chi connectivity index (χ4n) is 3.05. The van der Waals surface area contributed by atoms with E-state index in [4.69, 9.17) is 4.74 Å². The van der Waals surface area contributed by atoms with Gasteiger partial charge in [0, 0.05) is 12.2 Å². The van der Waals surface area contributed by atoms with Crippen molar-refractivity contribution in [3.05, 3.63) is 28.8 Å². The molecule has 0 bridgehead atoms. The average Bonchev–Trinajstić information content (AvgIpc) is 3.15. The van der Waals surface area contributed by atoms with E-state index in [2.05, 4.69) is 53.7 Å². The summed E-state index contributed by atoms with van der Waals surface area (Å²) in [6, 6.07) is 4.64. The molecule has 0 radical (unpaired) electrons. The highest BCUT2D eigenvalue weighted by Crippen LogP contribution is 2.53. The molecule has 1 fully saturated rings. The lowest BCUT2D eigenvalue weighted by Gasteiger charge is -2.29. The highest BCUT2D eigenvalue weighted by Gasteiger charge is 2.41. The van der Waals surface area contributed by atoms with Gasteiger partial charge < -0.3 is 9.84 Å². The van der Waals surface area contributed by atoms with Gasteiger partial charge in [-0.25, -0.2) is 0 Å². The van der Waals surface area contributed by atoms with Gasteiger partial charge in [0.1, 0.15) is 5.75 Å². The van der Waals surface area contributed by atoms with E-state index in [0.717, 1.165) is 12.2 Å². The molecule has 1 saturated carbocycles. The van der Waals surface area contributed by atoms with Crippen molar-refractivity contribution in [1.82, 2.24) is 0 Å². The van der Waals surface area contributed by atoms with Crippen LogP contribution in [0.5, 0.6) is 5.75 Å². The van der Waals surface area contributed by atoms with E-state index in [-0.39, 0.29) is 17.4 Å². The topological polar surface area (TPSA) is 29.5 Å². The lowest BCUT2D eigenvalue weighted by Crippen LogP contribution is -2.19. The van der Waals surface area contributed by atoms with Crippen molar-refractivity contribution in [2.24, 2.45) is 5.92 Å². The Kier molecular flexibility index (Phi) is 4.64. The second kappa shape index (κ2) is 5.88. The molecule has 2 heteroatoms. The van der Waals surface area contributed by atoms with E-state index < -0.39 is 0 Å². The van der Waals surface area contributed by atoms with Crippen LogP contribution in [0.2, 0.25) is 0 Å². The number of benzene rings is 1. The normalized spacial score (nSPS) is 21.8. The maximum Gasteiger partial charge on any atom is 0.126 e. The Balaban J connectivity index is 2.62. The highest BCUT2D eigenvalue weighted by atomic mass is 16.5. The summed E-state index contributed by atoms with van der Waals surface area (Å²) in [7, 11) is 0. The Labute approximate surface area is 135 Å². The summed E-state index contributed by atoms with van der Waals surface area (Å²) in [4.78, 5) is 0. The Morgan fingerprint density at radius 2 is 1.73 bits per heavy atom. The third kappa shape index (κ3) is 3.48. The van der Waals surface area contributed by atoms with E-state index in [1.807, 2.05) is 6.92 Å². The van der Waals surface area contributed by atoms with E-state index in [1.54, 1.807) is 0 Å². The minimum Gasteiger partial charge on any atom is -0.493 e. The molecular weight excluding hydrogens is 272 g/mol. The monoisotopic (exact) mass is 304 g/mol. The Morgan fingerprint density at radius 1 is 1.09 bits per heavy atom. The first-order valence-electron chi connectivity index (χ1n) is 8.52. The van der Waals surface area contributed by atoms with Crippen LogP contribution in [0.25, 0.3) is 0 Å². The molecule has 0 saturated heterocycles. The van der Waals surface area contributed by atoms with Crippen LogP contribution in [0, 0.1) is 5.92 Å². The fraction of sp³-hybridized carbons (Fsp3) is 0.700. The molecule has 1 aliphatic carbocycles. The zero-order chi connectivity index (χ0) is 16.7. The molecule has 1 aromatic carbocycles. The lowest BCUT2D eigenvalue weighted by molar-refractivity contribution is 0.273. The van der Waals surface area contributed by atoms with Crippen molar-refractivity contribution in [1.29, 1.82) is 0 Å². The Morgan fingerprint density at radius 3 is 2.14 bits per heavy atom. The van der Waals surface area contributed by atoms with Crippen LogP contribution in [-0.2, 0) is 10.8 Å². The zero-order valence-corrected chi connectivity index (χ0v) is 15.3. The predicted molar refractivity (Wildman–Crippen MR) is 92.9 cm³/mol. The molecule has 0 amide bonds. The summed E-state index contributed by atoms with van der Waals surface area (Å²) in [5, 5.41) is 9.48. The summed E-state index contributed by atoms with van der Waals surface area (Å²) >= 11 is 0. The van der Waals surface area contributed by atoms with Crippen molar-refractivity contribution < 1.29 is 9.84 Å². The summed E-state index contributed by atoms with van der Waals surface area (Å²) in [5.74, 6) is 1.92. The van der Waals surface area contributed by atoms with Crippen molar-refractivity contribution in [2.45, 2.75) is 71.6 Å². The van der Waals surface area contributed by atoms with Crippen molar-refractivity contribution in [2.75, 3.05) is 13.2 Å². The van der Waals surface area contributed by atoms with Crippen molar-refractivity contribution in [3.8, 4) is 5.75 Å². The smallest absolute Gasteiger partial charge is 0.126 e. The van der Waals surface area contributed by atoms with Crippen LogP contribution in [0.3, 0.4) is 0 Å². The molecule has 0 aliphatic heterocycles. The number of hydrogen-bond donors (Lipinski definition) is 1. The van der Waals surface area contributed by atoms with Crippen molar-refractivity contribution in [3.63, 3.8) is 0 Å². The van der Waals surface area contributed by atoms with Gasteiger partial charge in [-0.2, -0.15) is 0 Å². The second-order valence-corrected chi connectivity index (χ2v) is 8.66. The highest BCUT2D eigenvalue weighted by molar-refractivity contribution is 5.52. The first-order valence-corrected chi connectivity index (χ1v) is 8.52. The van der Waals surface area contributed by atoms with Crippen molar-refractivity contribution >= 4 is 0 Å². The van der Waals surface area contributed by atoms with Gasteiger partial charge in [0.25, 0.3) is 0 Å². The lowest BCUT2D eigenvalue weighted by atomic mass is 9.78. The van der Waals surface area contributed by atoms with E-state index in [0.29, 0.717) is 18.4 Å². The summed E-state index contributed by atoms with van der Waals surface area (Å²) < 4.78 is 6.07. The van der Waals surface area contributed by atoms with Gasteiger partial charge in [0.15, 0.2) is 0 Å². The summed E-state index contributed by atoms with van der Waals surface area (Å²) in [6.45, 7) is 16.5. The third-order valence-corrected chi connectivity index (χ3v) is 4.64. The number of rotatable bonds is 4. The van der Waals surface area contributed by atoms with E-state index in [9.17, 15) is 5.11 Å². The summed E-state index contributed by atoms with van der Waals surface area (Å²) in [6.07, 6.45) is 1.08. The van der Waals surface area contributed by atoms with Gasteiger partial charge in [-0.3, -0.25) is 0 Å². The van der Waals surface area contributed by atoms with Crippen LogP contribution in [0.15, 0.2) is 12.1 Å². The molecule has 2 unspecified atom stereocenters. The largest absolute Gasteiger partial charge is 0.493 e. The Bertz CT molecular complexity index is 532. The molecule has 124 valence electrons. The molecule has 2 atom stereocenters. The van der Waals surface area contributed by atoms with Gasteiger partial charge in [-0.05, 0) is 47.1 Å². The molecule has 0 spiro atoms. The quantitative estimate of drug-likeness (QED) is 0.867. The fourth-order valence-corrected chi connectivity index (χ4v) is 3.05. The van der Waals surface area contributed by atoms with Crippen LogP contribution in [-0.4, -0.2) is 18.3 Å². The molecule has 1 aromatic rings. The van der Waals surface area contributed by atoms with Gasteiger partial charge in [0.05, 0.1) is 6.61 Å². The second-order valence-electron chi connectivity index (χ2n) is 8.66. The van der Waals surface area contributed by atoms with Crippen LogP contribution in [0.1, 0.15) is 77.5 Å². The molecule has 22 heavy (non-hydrogen) atoms. The van der Waals surface area contributed by atoms with Gasteiger partial charge in [-0.1, -0.05) is 53.7 Å². The first kappa shape index (κ1) is 17.3. The van der Waals surface area contributed by atoms with Crippen LogP contribution in [0.4, 0.5) is 0 Å². The first-order chi connectivity index (χ1) is 10.1. The predicted octanol–water partition coefficient (Wildman–Crippen LogP) is 4.78. The zero-order valence-electron chi connectivity index (χ0n) is 15.3. The number of ether oxygens (including phenoxy) is 1. The van der Waals surface area contributed by atoms with E-state index >= 15 is 0 Å². The van der Waals surface area contributed by atoms with E-state index in [1.165, 1.54) is 16.7 Å². The van der Waals surface area contributed by atoms with Gasteiger partial charge in [-0.15, -0.1) is 0 Å². The molecule has 2 rings (SSSR count). The number of aliphatic hydroxyl groups is 1. The number of aliphatic hydroxyl groups excluding tert-OH is 1. The maximum absolute atomic E-state index is 9.48. The maximum atomic E-state index is 9.48. The van der Waals surface area contributed by atoms with Crippen LogP contribution >= 0.6 is 0 Å². The van der Waals surface area contributed by atoms with Gasteiger partial charge >= 0.3 is 0 Å². The molecule has 0 heterocycles. The molecule has 1 aliphatic rings. The molecule has 1 N–H and O–H groups in total. The average molecular weight is 304 g/mol. The standard InChI is InChI=1S/C20H32O2/c1-8-22-18-16(15-9-13(15)12-21)10-14(19(2,3)4)11-17(18)20(5,6)7/h10-11,13,15,21H,8-9,12H2,1-7H3. The van der Waals surface area contributed by atoms with Crippen LogP contribution < -0.4 is 4.74 Å². The minimum absolute atomic E-state index is 0.0457. The molecule has 0 aromatic heterocycles. The SMILES string of the molecule is CCOc1c(C2CC2CO)cc(C(C)(C)C)cc1C(C)(C)C. The molecular formula is C20H32O2. The number of hydrogen-bond acceptors (Lipinski definition) is 2. The third-order valence-electron chi connectivity index (χ3n) is 4.64. The minimum atomic E-state index is 0.0457.